The number of halogens is 6. The molecule has 3 rings (SSSR count). The molecular weight excluding hydrogens is 670 g/mol. The molecule has 11 nitrogen and oxygen atoms in total. The second kappa shape index (κ2) is 13.5. The quantitative estimate of drug-likeness (QED) is 0.218. The van der Waals surface area contributed by atoms with Crippen molar-refractivity contribution in [2.45, 2.75) is 79.4 Å². The third-order valence-electron chi connectivity index (χ3n) is 7.39. The van der Waals surface area contributed by atoms with Gasteiger partial charge in [-0.05, 0) is 51.3 Å². The molecule has 0 spiro atoms. The zero-order valence-electron chi connectivity index (χ0n) is 25.3. The number of rotatable bonds is 8. The highest BCUT2D eigenvalue weighted by Gasteiger charge is 2.62. The highest BCUT2D eigenvalue weighted by molar-refractivity contribution is 6.67. The molecule has 2 fully saturated rings. The van der Waals surface area contributed by atoms with Gasteiger partial charge in [-0.25, -0.2) is 27.6 Å². The van der Waals surface area contributed by atoms with Gasteiger partial charge < -0.3 is 34.1 Å². The molecule has 1 aliphatic carbocycles. The van der Waals surface area contributed by atoms with Crippen molar-refractivity contribution in [1.82, 2.24) is 15.1 Å². The van der Waals surface area contributed by atoms with E-state index in [4.69, 9.17) is 53.8 Å². The van der Waals surface area contributed by atoms with Crippen LogP contribution in [0.2, 0.25) is 0 Å². The van der Waals surface area contributed by atoms with E-state index in [0.717, 1.165) is 23.0 Å². The normalized spacial score (nSPS) is 18.6. The Morgan fingerprint density at radius 3 is 2.11 bits per heavy atom. The van der Waals surface area contributed by atoms with Gasteiger partial charge in [-0.15, -0.1) is 0 Å². The maximum atomic E-state index is 14.7. The summed E-state index contributed by atoms with van der Waals surface area (Å²) in [7, 11) is 2.33. The van der Waals surface area contributed by atoms with Crippen molar-refractivity contribution in [2.24, 2.45) is 0 Å². The average Bonchev–Trinajstić information content (AvgIpc) is 2.90. The van der Waals surface area contributed by atoms with Gasteiger partial charge in [0.15, 0.2) is 17.1 Å². The molecule has 1 saturated carbocycles. The van der Waals surface area contributed by atoms with Gasteiger partial charge >= 0.3 is 18.2 Å². The summed E-state index contributed by atoms with van der Waals surface area (Å²) < 4.78 is 61.8. The molecular formula is C28H35Cl3F3N3O8. The Hall–Kier alpha value is -2.84. The lowest BCUT2D eigenvalue weighted by atomic mass is 9.76. The molecule has 3 amide bonds. The van der Waals surface area contributed by atoms with E-state index in [2.05, 4.69) is 5.32 Å². The van der Waals surface area contributed by atoms with E-state index in [0.29, 0.717) is 0 Å². The number of alkyl carbamates (subject to hydrolysis) is 1. The number of alkyl halides is 5. The minimum Gasteiger partial charge on any atom is -0.494 e. The van der Waals surface area contributed by atoms with Crippen LogP contribution in [0.4, 0.5) is 22.8 Å². The smallest absolute Gasteiger partial charge is 0.410 e. The molecule has 0 aromatic heterocycles. The molecule has 0 bridgehead atoms. The largest absolute Gasteiger partial charge is 0.494 e. The maximum Gasteiger partial charge on any atom is 0.410 e. The molecule has 45 heavy (non-hydrogen) atoms. The summed E-state index contributed by atoms with van der Waals surface area (Å²) in [6, 6.07) is 3.80. The first-order valence-corrected chi connectivity index (χ1v) is 14.9. The van der Waals surface area contributed by atoms with Gasteiger partial charge in [0, 0.05) is 19.4 Å². The Morgan fingerprint density at radius 1 is 1.02 bits per heavy atom. The van der Waals surface area contributed by atoms with Crippen LogP contribution in [-0.4, -0.2) is 94.2 Å². The topological polar surface area (TPSA) is 124 Å². The maximum absolute atomic E-state index is 14.7. The van der Waals surface area contributed by atoms with Crippen LogP contribution < -0.4 is 10.1 Å². The van der Waals surface area contributed by atoms with E-state index in [-0.39, 0.29) is 11.3 Å². The number of nitrogens with zero attached hydrogens (tertiary/aromatic N) is 2. The summed E-state index contributed by atoms with van der Waals surface area (Å²) in [6.07, 6.45) is -4.77. The molecule has 0 radical (unpaired) electrons. The number of hydrogen-bond donors (Lipinski definition) is 1. The molecule has 2 aliphatic rings. The van der Waals surface area contributed by atoms with Crippen LogP contribution in [0.15, 0.2) is 18.2 Å². The number of benzene rings is 1. The summed E-state index contributed by atoms with van der Waals surface area (Å²) in [5.41, 5.74) is -4.62. The standard InChI is InChI=1S/C28H35Cl3F3N3O8/c1-24(2,3)45-23(41)36-14-26(15-36,21(39)43-5)37(13-17-6-7-19(42-4)18(32)12-17)20(38)25(8-10-27(33,34)11-9-25)35-22(40)44-16-28(29,30)31/h6-7,12H,8-11,13-16H2,1-5H3,(H,35,40). The summed E-state index contributed by atoms with van der Waals surface area (Å²) >= 11 is 17.0. The Bertz CT molecular complexity index is 1290. The monoisotopic (exact) mass is 703 g/mol. The second-order valence-corrected chi connectivity index (χ2v) is 14.5. The molecule has 1 saturated heterocycles. The predicted molar refractivity (Wildman–Crippen MR) is 157 cm³/mol. The number of amides is 3. The number of ether oxygens (including phenoxy) is 4. The lowest BCUT2D eigenvalue weighted by Gasteiger charge is -2.55. The average molecular weight is 705 g/mol. The van der Waals surface area contributed by atoms with Gasteiger partial charge in [0.2, 0.25) is 15.6 Å². The molecule has 0 atom stereocenters. The van der Waals surface area contributed by atoms with Gasteiger partial charge in [-0.1, -0.05) is 40.9 Å². The minimum atomic E-state index is -3.15. The number of esters is 1. The molecule has 17 heteroatoms. The lowest BCUT2D eigenvalue weighted by Crippen LogP contribution is -2.78. The van der Waals surface area contributed by atoms with Crippen molar-refractivity contribution < 1.29 is 51.3 Å². The van der Waals surface area contributed by atoms with E-state index < -0.39 is 108 Å². The van der Waals surface area contributed by atoms with E-state index in [1.807, 2.05) is 0 Å². The molecule has 1 aliphatic heterocycles. The summed E-state index contributed by atoms with van der Waals surface area (Å²) in [5, 5.41) is 2.37. The Balaban J connectivity index is 2.09. The highest BCUT2D eigenvalue weighted by Crippen LogP contribution is 2.42. The molecule has 252 valence electrons. The zero-order chi connectivity index (χ0) is 34.0. The molecule has 1 N–H and O–H groups in total. The summed E-state index contributed by atoms with van der Waals surface area (Å²) in [6.45, 7) is 2.91. The number of methoxy groups -OCH3 is 2. The van der Waals surface area contributed by atoms with Crippen molar-refractivity contribution >= 4 is 58.9 Å². The number of hydrogen-bond acceptors (Lipinski definition) is 8. The summed E-state index contributed by atoms with van der Waals surface area (Å²) in [4.78, 5) is 55.9. The molecule has 1 aromatic rings. The van der Waals surface area contributed by atoms with Crippen molar-refractivity contribution in [1.29, 1.82) is 0 Å². The summed E-state index contributed by atoms with van der Waals surface area (Å²) in [5.74, 6) is -5.95. The third-order valence-corrected chi connectivity index (χ3v) is 7.72. The van der Waals surface area contributed by atoms with Crippen molar-refractivity contribution in [3.63, 3.8) is 0 Å². The fourth-order valence-electron chi connectivity index (χ4n) is 5.12. The van der Waals surface area contributed by atoms with Crippen LogP contribution >= 0.6 is 34.8 Å². The molecule has 0 unspecified atom stereocenters. The van der Waals surface area contributed by atoms with Gasteiger partial charge in [-0.2, -0.15) is 0 Å². The van der Waals surface area contributed by atoms with E-state index in [1.54, 1.807) is 20.8 Å². The van der Waals surface area contributed by atoms with E-state index >= 15 is 0 Å². The van der Waals surface area contributed by atoms with Crippen LogP contribution in [0.1, 0.15) is 52.0 Å². The first-order valence-electron chi connectivity index (χ1n) is 13.8. The van der Waals surface area contributed by atoms with Crippen molar-refractivity contribution in [3.05, 3.63) is 29.6 Å². The van der Waals surface area contributed by atoms with E-state index in [9.17, 15) is 32.3 Å². The Kier molecular flexibility index (Phi) is 11.0. The number of nitrogens with one attached hydrogen (secondary N) is 1. The third kappa shape index (κ3) is 8.91. The van der Waals surface area contributed by atoms with Gasteiger partial charge in [-0.3, -0.25) is 4.79 Å². The van der Waals surface area contributed by atoms with Crippen LogP contribution in [0, 0.1) is 5.82 Å². The molecule has 1 heterocycles. The highest BCUT2D eigenvalue weighted by atomic mass is 35.6. The van der Waals surface area contributed by atoms with Gasteiger partial charge in [0.25, 0.3) is 0 Å². The SMILES string of the molecule is COC(=O)C1(N(Cc2ccc(OC)c(F)c2)C(=O)C2(NC(=O)OCC(Cl)(Cl)Cl)CCC(F)(F)CC2)CN(C(=O)OC(C)(C)C)C1. The van der Waals surface area contributed by atoms with E-state index in [1.165, 1.54) is 19.2 Å². The van der Waals surface area contributed by atoms with Gasteiger partial charge in [0.05, 0.1) is 27.3 Å². The molecule has 1 aromatic carbocycles. The number of carbonyl (C=O) groups is 4. The first-order chi connectivity index (χ1) is 20.7. The van der Waals surface area contributed by atoms with Gasteiger partial charge in [0.1, 0.15) is 17.7 Å². The number of carbonyl (C=O) groups excluding carboxylic acids is 4. The number of likely N-dealkylation sites (tertiary alicyclic amines) is 1. The lowest BCUT2D eigenvalue weighted by molar-refractivity contribution is -0.180. The van der Waals surface area contributed by atoms with Crippen molar-refractivity contribution in [2.75, 3.05) is 33.9 Å². The van der Waals surface area contributed by atoms with Crippen LogP contribution in [0.5, 0.6) is 5.75 Å². The fourth-order valence-corrected chi connectivity index (χ4v) is 5.28. The van der Waals surface area contributed by atoms with Crippen LogP contribution in [-0.2, 0) is 30.3 Å². The van der Waals surface area contributed by atoms with Crippen LogP contribution in [0.3, 0.4) is 0 Å². The first kappa shape index (κ1) is 36.6. The predicted octanol–water partition coefficient (Wildman–Crippen LogP) is 5.37. The Labute approximate surface area is 273 Å². The van der Waals surface area contributed by atoms with Crippen molar-refractivity contribution in [3.8, 4) is 5.75 Å². The zero-order valence-corrected chi connectivity index (χ0v) is 27.6. The van der Waals surface area contributed by atoms with Crippen LogP contribution in [0.25, 0.3) is 0 Å². The fraction of sp³-hybridized carbons (Fsp3) is 0.643. The second-order valence-electron chi connectivity index (χ2n) is 12.0. The minimum absolute atomic E-state index is 0.0941. The Morgan fingerprint density at radius 2 is 1.62 bits per heavy atom.